The van der Waals surface area contributed by atoms with Crippen LogP contribution in [-0.4, -0.2) is 23.9 Å². The molecule has 2 nitrogen and oxygen atoms in total. The summed E-state index contributed by atoms with van der Waals surface area (Å²) in [6.07, 6.45) is -11.9. The molecule has 0 spiro atoms. The molecule has 0 saturated heterocycles. The molecule has 76 valence electrons. The molecule has 0 bridgehead atoms. The van der Waals surface area contributed by atoms with E-state index in [1.807, 2.05) is 0 Å². The van der Waals surface area contributed by atoms with Crippen LogP contribution in [0.4, 0.5) is 26.3 Å². The minimum Gasteiger partial charge on any atom is -0.324 e. The summed E-state index contributed by atoms with van der Waals surface area (Å²) in [5.74, 6) is -5.65. The second-order valence-corrected chi connectivity index (χ2v) is 1.87. The molecule has 14 heavy (non-hydrogen) atoms. The fourth-order valence-corrected chi connectivity index (χ4v) is 0.283. The summed E-state index contributed by atoms with van der Waals surface area (Å²) >= 11 is 0. The number of ketones is 2. The van der Waals surface area contributed by atoms with E-state index < -0.39 is 30.3 Å². The fraction of sp³-hybridized carbons (Fsp3) is 0.400. The van der Waals surface area contributed by atoms with Gasteiger partial charge in [0.2, 0.25) is 0 Å². The van der Waals surface area contributed by atoms with Crippen LogP contribution in [0.25, 0.3) is 0 Å². The summed E-state index contributed by atoms with van der Waals surface area (Å²) in [6.45, 7) is 0. The zero-order valence-electron chi connectivity index (χ0n) is 6.66. The van der Waals surface area contributed by atoms with E-state index in [1.165, 1.54) is 0 Å². The molecule has 0 amide bonds. The molecule has 0 N–H and O–H groups in total. The SMILES string of the molecule is O=C([CH-]C(=O)C(F)(F)F)C(F)(F)F.[Cs+]. The van der Waals surface area contributed by atoms with E-state index in [-0.39, 0.29) is 68.9 Å². The molecule has 0 unspecified atom stereocenters. The maximum atomic E-state index is 11.3. The summed E-state index contributed by atoms with van der Waals surface area (Å²) in [4.78, 5) is 19.6. The molecule has 0 aromatic carbocycles. The molecule has 0 fully saturated rings. The minimum atomic E-state index is -5.46. The average Bonchev–Trinajstić information content (AvgIpc) is 1.82. The van der Waals surface area contributed by atoms with Crippen LogP contribution in [0.15, 0.2) is 0 Å². The number of carbonyl (C=O) groups is 2. The van der Waals surface area contributed by atoms with Gasteiger partial charge in [-0.3, -0.25) is 0 Å². The summed E-state index contributed by atoms with van der Waals surface area (Å²) < 4.78 is 67.8. The summed E-state index contributed by atoms with van der Waals surface area (Å²) in [5.41, 5.74) is 0. The third kappa shape index (κ3) is 6.35. The average molecular weight is 340 g/mol. The molecular formula is C5HCsF6O2. The molecule has 0 radical (unpaired) electrons. The number of rotatable bonds is 2. The third-order valence-electron chi connectivity index (χ3n) is 0.821. The minimum absolute atomic E-state index is 0. The van der Waals surface area contributed by atoms with E-state index in [0.717, 1.165) is 0 Å². The van der Waals surface area contributed by atoms with Crippen molar-refractivity contribution in [1.29, 1.82) is 0 Å². The zero-order valence-corrected chi connectivity index (χ0v) is 12.9. The normalized spacial score (nSPS) is 11.6. The van der Waals surface area contributed by atoms with E-state index >= 15 is 0 Å². The van der Waals surface area contributed by atoms with Gasteiger partial charge in [-0.05, 0) is 0 Å². The van der Waals surface area contributed by atoms with Gasteiger partial charge in [-0.2, -0.15) is 26.3 Å². The van der Waals surface area contributed by atoms with Gasteiger partial charge in [-0.25, -0.2) is 6.42 Å². The van der Waals surface area contributed by atoms with Crippen molar-refractivity contribution in [2.24, 2.45) is 0 Å². The Morgan fingerprint density at radius 3 is 1.14 bits per heavy atom. The van der Waals surface area contributed by atoms with Crippen molar-refractivity contribution in [3.63, 3.8) is 0 Å². The molecule has 0 aliphatic rings. The zero-order chi connectivity index (χ0) is 10.9. The van der Waals surface area contributed by atoms with E-state index in [9.17, 15) is 35.9 Å². The number of carbonyl (C=O) groups excluding carboxylic acids is 2. The standard InChI is InChI=1S/C5HF6O2.Cs/c6-4(7,8)2(12)1-3(13)5(9,10)11;/h1H;/q-1;+1. The van der Waals surface area contributed by atoms with Gasteiger partial charge in [0, 0.05) is 0 Å². The predicted molar refractivity (Wildman–Crippen MR) is 26.4 cm³/mol. The summed E-state index contributed by atoms with van der Waals surface area (Å²) in [7, 11) is 0. The smallest absolute Gasteiger partial charge is 0.324 e. The first-order chi connectivity index (χ1) is 5.55. The van der Waals surface area contributed by atoms with Crippen molar-refractivity contribution in [1.82, 2.24) is 0 Å². The largest absolute Gasteiger partial charge is 1.00 e. The molecule has 9 heteroatoms. The van der Waals surface area contributed by atoms with E-state index in [2.05, 4.69) is 0 Å². The quantitative estimate of drug-likeness (QED) is 0.347. The van der Waals surface area contributed by atoms with Gasteiger partial charge in [0.1, 0.15) is 11.6 Å². The van der Waals surface area contributed by atoms with Gasteiger partial charge in [0.05, 0.1) is 0 Å². The van der Waals surface area contributed by atoms with Crippen molar-refractivity contribution in [3.8, 4) is 0 Å². The topological polar surface area (TPSA) is 34.1 Å². The van der Waals surface area contributed by atoms with Gasteiger partial charge in [0.15, 0.2) is 0 Å². The Balaban J connectivity index is 0. The molecular weight excluding hydrogens is 339 g/mol. The number of Topliss-reactive ketones (excluding diaryl/α,β-unsaturated/α-hetero) is 2. The van der Waals surface area contributed by atoms with Gasteiger partial charge in [-0.15, -0.1) is 0 Å². The molecule has 0 saturated carbocycles. The number of hydrogen-bond acceptors (Lipinski definition) is 2. The van der Waals surface area contributed by atoms with Crippen LogP contribution >= 0.6 is 0 Å². The van der Waals surface area contributed by atoms with E-state index in [4.69, 9.17) is 0 Å². The van der Waals surface area contributed by atoms with Crippen LogP contribution in [-0.2, 0) is 9.59 Å². The second-order valence-electron chi connectivity index (χ2n) is 1.87. The van der Waals surface area contributed by atoms with Crippen molar-refractivity contribution in [2.75, 3.05) is 0 Å². The van der Waals surface area contributed by atoms with Crippen LogP contribution in [0.3, 0.4) is 0 Å². The van der Waals surface area contributed by atoms with Crippen molar-refractivity contribution >= 4 is 11.6 Å². The fourth-order valence-electron chi connectivity index (χ4n) is 0.283. The van der Waals surface area contributed by atoms with Gasteiger partial charge in [-0.1, -0.05) is 0 Å². The van der Waals surface area contributed by atoms with E-state index in [1.54, 1.807) is 0 Å². The first-order valence-corrected chi connectivity index (χ1v) is 2.62. The summed E-state index contributed by atoms with van der Waals surface area (Å²) in [5, 5.41) is 0. The van der Waals surface area contributed by atoms with Crippen LogP contribution in [0.5, 0.6) is 0 Å². The number of halogens is 6. The van der Waals surface area contributed by atoms with Crippen molar-refractivity contribution in [3.05, 3.63) is 6.42 Å². The molecule has 0 aliphatic heterocycles. The van der Waals surface area contributed by atoms with Gasteiger partial charge in [0.25, 0.3) is 0 Å². The second kappa shape index (κ2) is 5.80. The number of alkyl halides is 6. The maximum Gasteiger partial charge on any atom is 1.00 e. The third-order valence-corrected chi connectivity index (χ3v) is 0.821. The molecule has 0 rings (SSSR count). The monoisotopic (exact) mass is 340 g/mol. The Kier molecular flexibility index (Phi) is 7.14. The Morgan fingerprint density at radius 2 is 1.00 bits per heavy atom. The predicted octanol–water partition coefficient (Wildman–Crippen LogP) is -1.54. The molecule has 0 aromatic heterocycles. The maximum absolute atomic E-state index is 11.3. The Labute approximate surface area is 133 Å². The number of hydrogen-bond donors (Lipinski definition) is 0. The van der Waals surface area contributed by atoms with Crippen LogP contribution in [0.2, 0.25) is 0 Å². The molecule has 0 aromatic rings. The molecule has 0 aliphatic carbocycles. The van der Waals surface area contributed by atoms with Crippen LogP contribution in [0.1, 0.15) is 0 Å². The Morgan fingerprint density at radius 1 is 0.786 bits per heavy atom. The first kappa shape index (κ1) is 17.2. The molecule has 0 atom stereocenters. The Hall–Kier alpha value is 0.842. The first-order valence-electron chi connectivity index (χ1n) is 2.62. The van der Waals surface area contributed by atoms with Crippen LogP contribution in [0, 0.1) is 6.42 Å². The molecule has 0 heterocycles. The van der Waals surface area contributed by atoms with Gasteiger partial charge < -0.3 is 9.59 Å². The van der Waals surface area contributed by atoms with E-state index in [0.29, 0.717) is 0 Å². The van der Waals surface area contributed by atoms with Crippen molar-refractivity contribution < 1.29 is 105 Å². The van der Waals surface area contributed by atoms with Crippen LogP contribution < -0.4 is 68.9 Å². The Bertz CT molecular complexity index is 205. The van der Waals surface area contributed by atoms with Crippen molar-refractivity contribution in [2.45, 2.75) is 12.4 Å². The van der Waals surface area contributed by atoms with Gasteiger partial charge >= 0.3 is 81.2 Å². The summed E-state index contributed by atoms with van der Waals surface area (Å²) in [6, 6.07) is 0.